The van der Waals surface area contributed by atoms with Crippen molar-refractivity contribution in [1.82, 2.24) is 9.36 Å². The van der Waals surface area contributed by atoms with E-state index in [1.165, 1.54) is 18.5 Å². The Labute approximate surface area is 72.6 Å². The Bertz CT molecular complexity index is 442. The van der Waals surface area contributed by atoms with Crippen LogP contribution in [0.4, 0.5) is 5.69 Å². The molecule has 2 aromatic heterocycles. The lowest BCUT2D eigenvalue weighted by Gasteiger charge is -1.90. The lowest BCUT2D eigenvalue weighted by atomic mass is 10.2. The lowest BCUT2D eigenvalue weighted by molar-refractivity contribution is 0.101. The summed E-state index contributed by atoms with van der Waals surface area (Å²) in [6.07, 6.45) is 0. The van der Waals surface area contributed by atoms with Gasteiger partial charge in [-0.15, -0.1) is 0 Å². The molecule has 0 aliphatic carbocycles. The van der Waals surface area contributed by atoms with Crippen molar-refractivity contribution < 1.29 is 4.79 Å². The first-order valence-corrected chi connectivity index (χ1v) is 4.26. The highest BCUT2D eigenvalue weighted by Crippen LogP contribution is 2.25. The Hall–Kier alpha value is -1.36. The number of nitrogen functional groups attached to an aromatic ring is 1. The van der Waals surface area contributed by atoms with Gasteiger partial charge in [-0.05, 0) is 11.5 Å². The van der Waals surface area contributed by atoms with Crippen LogP contribution in [0.3, 0.4) is 0 Å². The third-order valence-electron chi connectivity index (χ3n) is 1.72. The van der Waals surface area contributed by atoms with Crippen LogP contribution in [0.25, 0.3) is 11.0 Å². The average molecular weight is 181 g/mol. The number of nitrogens with one attached hydrogen (secondary N) is 1. The molecule has 2 rings (SSSR count). The predicted molar refractivity (Wildman–Crippen MR) is 48.4 cm³/mol. The van der Waals surface area contributed by atoms with Gasteiger partial charge in [0.2, 0.25) is 0 Å². The van der Waals surface area contributed by atoms with Crippen LogP contribution >= 0.6 is 11.5 Å². The van der Waals surface area contributed by atoms with Gasteiger partial charge in [0.15, 0.2) is 11.4 Å². The number of nitrogens with two attached hydrogens (primary N) is 1. The highest BCUT2D eigenvalue weighted by molar-refractivity contribution is 7.04. The summed E-state index contributed by atoms with van der Waals surface area (Å²) in [7, 11) is 0. The Kier molecular flexibility index (Phi) is 1.41. The van der Waals surface area contributed by atoms with Gasteiger partial charge in [0.1, 0.15) is 5.69 Å². The molecule has 5 heteroatoms. The molecule has 0 atom stereocenters. The number of carbonyl (C=O) groups excluding carboxylic acids is 1. The molecule has 0 saturated carbocycles. The molecule has 0 aliphatic heterocycles. The largest absolute Gasteiger partial charge is 0.396 e. The van der Waals surface area contributed by atoms with Crippen LogP contribution in [0.5, 0.6) is 0 Å². The number of aromatic nitrogens is 2. The molecule has 0 spiro atoms. The molecule has 0 fully saturated rings. The molecule has 12 heavy (non-hydrogen) atoms. The Balaban J connectivity index is 2.78. The second-order valence-electron chi connectivity index (χ2n) is 2.55. The van der Waals surface area contributed by atoms with E-state index in [4.69, 9.17) is 5.73 Å². The van der Waals surface area contributed by atoms with E-state index in [0.29, 0.717) is 17.0 Å². The number of carbonyl (C=O) groups is 1. The van der Waals surface area contributed by atoms with E-state index in [1.54, 1.807) is 0 Å². The monoisotopic (exact) mass is 181 g/mol. The van der Waals surface area contributed by atoms with Gasteiger partial charge in [0, 0.05) is 12.3 Å². The van der Waals surface area contributed by atoms with Crippen molar-refractivity contribution in [3.63, 3.8) is 0 Å². The van der Waals surface area contributed by atoms with Crippen molar-refractivity contribution in [1.29, 1.82) is 0 Å². The van der Waals surface area contributed by atoms with Crippen LogP contribution < -0.4 is 5.73 Å². The number of fused-ring (bicyclic) bond motifs is 1. The molecule has 0 unspecified atom stereocenters. The van der Waals surface area contributed by atoms with E-state index >= 15 is 0 Å². The average Bonchev–Trinajstić information content (AvgIpc) is 2.53. The number of hydrogen-bond donors (Lipinski definition) is 2. The normalized spacial score (nSPS) is 10.8. The van der Waals surface area contributed by atoms with Crippen LogP contribution in [0.15, 0.2) is 5.38 Å². The number of nitrogens with zero attached hydrogens (tertiary/aromatic N) is 1. The quantitative estimate of drug-likeness (QED) is 0.653. The van der Waals surface area contributed by atoms with E-state index in [9.17, 15) is 4.79 Å². The fourth-order valence-corrected chi connectivity index (χ4v) is 1.76. The highest BCUT2D eigenvalue weighted by Gasteiger charge is 2.12. The van der Waals surface area contributed by atoms with E-state index in [0.717, 1.165) is 5.39 Å². The summed E-state index contributed by atoms with van der Waals surface area (Å²) >= 11 is 1.32. The maximum atomic E-state index is 11.0. The molecule has 0 aliphatic rings. The van der Waals surface area contributed by atoms with Gasteiger partial charge in [-0.3, -0.25) is 4.79 Å². The van der Waals surface area contributed by atoms with Gasteiger partial charge < -0.3 is 10.7 Å². The van der Waals surface area contributed by atoms with Gasteiger partial charge in [-0.2, -0.15) is 4.37 Å². The Morgan fingerprint density at radius 2 is 2.50 bits per heavy atom. The molecule has 0 saturated heterocycles. The van der Waals surface area contributed by atoms with Crippen molar-refractivity contribution in [3.05, 3.63) is 11.1 Å². The van der Waals surface area contributed by atoms with E-state index in [1.807, 2.05) is 5.38 Å². The van der Waals surface area contributed by atoms with Gasteiger partial charge in [-0.1, -0.05) is 0 Å². The molecule has 2 heterocycles. The summed E-state index contributed by atoms with van der Waals surface area (Å²) in [6, 6.07) is 0. The zero-order chi connectivity index (χ0) is 8.72. The minimum atomic E-state index is -0.0597. The first kappa shape index (κ1) is 7.30. The van der Waals surface area contributed by atoms with Crippen LogP contribution in [0.2, 0.25) is 0 Å². The highest BCUT2D eigenvalue weighted by atomic mass is 32.1. The van der Waals surface area contributed by atoms with Gasteiger partial charge >= 0.3 is 0 Å². The third kappa shape index (κ3) is 0.831. The molecule has 0 bridgehead atoms. The molecular formula is C7H7N3OS. The number of anilines is 1. The minimum absolute atomic E-state index is 0.0597. The molecular weight excluding hydrogens is 174 g/mol. The summed E-state index contributed by atoms with van der Waals surface area (Å²) in [5, 5.41) is 2.67. The van der Waals surface area contributed by atoms with E-state index in [2.05, 4.69) is 9.36 Å². The third-order valence-corrected chi connectivity index (χ3v) is 2.35. The smallest absolute Gasteiger partial charge is 0.178 e. The van der Waals surface area contributed by atoms with Crippen molar-refractivity contribution in [2.45, 2.75) is 6.92 Å². The first-order chi connectivity index (χ1) is 5.70. The number of H-pyrrole nitrogens is 1. The number of ketones is 1. The SMILES string of the molecule is CC(=O)c1[nH]c2nscc2c1N. The van der Waals surface area contributed by atoms with E-state index in [-0.39, 0.29) is 5.78 Å². The number of aromatic amines is 1. The van der Waals surface area contributed by atoms with Crippen molar-refractivity contribution >= 4 is 34.0 Å². The molecule has 0 radical (unpaired) electrons. The van der Waals surface area contributed by atoms with Crippen LogP contribution in [0, 0.1) is 0 Å². The maximum absolute atomic E-state index is 11.0. The Morgan fingerprint density at radius 3 is 3.08 bits per heavy atom. The molecule has 3 N–H and O–H groups in total. The second-order valence-corrected chi connectivity index (χ2v) is 3.18. The fourth-order valence-electron chi connectivity index (χ4n) is 1.12. The number of rotatable bonds is 1. The Morgan fingerprint density at radius 1 is 1.75 bits per heavy atom. The molecule has 4 nitrogen and oxygen atoms in total. The topological polar surface area (TPSA) is 71.8 Å². The van der Waals surface area contributed by atoms with Crippen LogP contribution in [0.1, 0.15) is 17.4 Å². The zero-order valence-corrected chi connectivity index (χ0v) is 7.23. The van der Waals surface area contributed by atoms with E-state index < -0.39 is 0 Å². The summed E-state index contributed by atoms with van der Waals surface area (Å²) in [4.78, 5) is 13.9. The predicted octanol–water partition coefficient (Wildman–Crippen LogP) is 1.41. The van der Waals surface area contributed by atoms with Gasteiger partial charge in [0.25, 0.3) is 0 Å². The lowest BCUT2D eigenvalue weighted by Crippen LogP contribution is -1.97. The van der Waals surface area contributed by atoms with Gasteiger partial charge in [-0.25, -0.2) is 0 Å². The maximum Gasteiger partial charge on any atom is 0.178 e. The molecule has 2 aromatic rings. The summed E-state index contributed by atoms with van der Waals surface area (Å²) in [5.41, 5.74) is 7.36. The summed E-state index contributed by atoms with van der Waals surface area (Å²) in [5.74, 6) is -0.0597. The van der Waals surface area contributed by atoms with Crippen molar-refractivity contribution in [2.24, 2.45) is 0 Å². The summed E-state index contributed by atoms with van der Waals surface area (Å²) < 4.78 is 4.04. The fraction of sp³-hybridized carbons (Fsp3) is 0.143. The summed E-state index contributed by atoms with van der Waals surface area (Å²) in [6.45, 7) is 1.48. The van der Waals surface area contributed by atoms with Gasteiger partial charge in [0.05, 0.1) is 11.1 Å². The molecule has 0 aromatic carbocycles. The van der Waals surface area contributed by atoms with Crippen LogP contribution in [-0.2, 0) is 0 Å². The van der Waals surface area contributed by atoms with Crippen LogP contribution in [-0.4, -0.2) is 15.1 Å². The standard InChI is InChI=1S/C7H7N3OS/c1-3(11)6-5(8)4-2-12-10-7(4)9-6/h2H,8H2,1H3,(H,9,10). The number of Topliss-reactive ketones (excluding diaryl/α,β-unsaturated/α-hetero) is 1. The first-order valence-electron chi connectivity index (χ1n) is 3.42. The second kappa shape index (κ2) is 2.31. The van der Waals surface area contributed by atoms with Crippen molar-refractivity contribution in [3.8, 4) is 0 Å². The minimum Gasteiger partial charge on any atom is -0.396 e. The number of hydrogen-bond acceptors (Lipinski definition) is 4. The van der Waals surface area contributed by atoms with Crippen molar-refractivity contribution in [2.75, 3.05) is 5.73 Å². The molecule has 62 valence electrons. The zero-order valence-electron chi connectivity index (χ0n) is 6.42. The molecule has 0 amide bonds.